The topological polar surface area (TPSA) is 38.7 Å². The van der Waals surface area contributed by atoms with Crippen LogP contribution in [0.5, 0.6) is 0 Å². The Hall–Kier alpha value is -3.37. The normalized spacial score (nSPS) is 11.3. The number of hydrogen-bond acceptors (Lipinski definition) is 4. The maximum atomic E-state index is 4.67. The third-order valence-electron chi connectivity index (χ3n) is 6.06. The van der Waals surface area contributed by atoms with Crippen molar-refractivity contribution in [2.45, 2.75) is 23.6 Å². The van der Waals surface area contributed by atoms with E-state index in [2.05, 4.69) is 65.2 Å². The largest absolute Gasteiger partial charge is 0.305 e. The molecule has 7 rings (SSSR count). The second kappa shape index (κ2) is 10.3. The van der Waals surface area contributed by atoms with Gasteiger partial charge in [0, 0.05) is 54.2 Å². The predicted molar refractivity (Wildman–Crippen MR) is 143 cm³/mol. The van der Waals surface area contributed by atoms with Crippen molar-refractivity contribution in [3.05, 3.63) is 115 Å². The van der Waals surface area contributed by atoms with Gasteiger partial charge >= 0.3 is 0 Å². The first-order valence-corrected chi connectivity index (χ1v) is 12.3. The molecule has 0 aliphatic carbocycles. The molecule has 5 heteroatoms. The summed E-state index contributed by atoms with van der Waals surface area (Å²) in [5, 5.41) is 4.99. The maximum absolute atomic E-state index is 4.67. The van der Waals surface area contributed by atoms with E-state index in [1.807, 2.05) is 60.8 Å². The molecule has 0 N–H and O–H groups in total. The predicted octanol–water partition coefficient (Wildman–Crippen LogP) is 7.88. The van der Waals surface area contributed by atoms with Gasteiger partial charge in [-0.1, -0.05) is 17.0 Å². The Morgan fingerprint density at radius 3 is 2.39 bits per heavy atom. The van der Waals surface area contributed by atoms with Crippen LogP contribution in [0.15, 0.2) is 101 Å². The SMILES string of the molecule is Cc1cc2c(cc3c4c(nccc42)-c2[c-]cccc2S3)c(C)n1.[Ir].[c-]1ccccc1-c1ccccn1. The molecule has 0 bridgehead atoms. The van der Waals surface area contributed by atoms with Crippen LogP contribution in [-0.2, 0) is 20.1 Å². The summed E-state index contributed by atoms with van der Waals surface area (Å²) >= 11 is 1.80. The van der Waals surface area contributed by atoms with Crippen LogP contribution in [-0.4, -0.2) is 15.0 Å². The van der Waals surface area contributed by atoms with Crippen LogP contribution in [0.25, 0.3) is 44.1 Å². The van der Waals surface area contributed by atoms with Crippen molar-refractivity contribution in [1.29, 1.82) is 0 Å². The minimum atomic E-state index is 0. The maximum Gasteiger partial charge on any atom is 0.0454 e. The van der Waals surface area contributed by atoms with E-state index in [-0.39, 0.29) is 20.1 Å². The Morgan fingerprint density at radius 2 is 1.58 bits per heavy atom. The number of pyridine rings is 3. The number of nitrogens with zero attached hydrogens (tertiary/aromatic N) is 3. The van der Waals surface area contributed by atoms with E-state index in [4.69, 9.17) is 0 Å². The molecule has 1 aliphatic rings. The molecule has 1 radical (unpaired) electrons. The molecule has 6 aromatic rings. The number of aryl methyl sites for hydroxylation is 2. The van der Waals surface area contributed by atoms with Crippen LogP contribution < -0.4 is 0 Å². The second-order valence-electron chi connectivity index (χ2n) is 8.40. The molecular formula is C31H21IrN3S-2. The molecule has 3 aromatic carbocycles. The fourth-order valence-electron chi connectivity index (χ4n) is 4.54. The van der Waals surface area contributed by atoms with Crippen LogP contribution in [0.1, 0.15) is 11.4 Å². The van der Waals surface area contributed by atoms with Gasteiger partial charge in [-0.05, 0) is 65.7 Å². The molecule has 0 saturated carbocycles. The summed E-state index contributed by atoms with van der Waals surface area (Å²) in [6.07, 6.45) is 3.70. The van der Waals surface area contributed by atoms with E-state index in [0.29, 0.717) is 0 Å². The van der Waals surface area contributed by atoms with Crippen LogP contribution >= 0.6 is 11.8 Å². The van der Waals surface area contributed by atoms with Gasteiger partial charge in [0.25, 0.3) is 0 Å². The summed E-state index contributed by atoms with van der Waals surface area (Å²) in [6.45, 7) is 4.14. The number of benzene rings is 3. The summed E-state index contributed by atoms with van der Waals surface area (Å²) in [7, 11) is 0. The van der Waals surface area contributed by atoms with E-state index in [0.717, 1.165) is 33.9 Å². The molecule has 3 nitrogen and oxygen atoms in total. The summed E-state index contributed by atoms with van der Waals surface area (Å²) in [4.78, 5) is 16.0. The van der Waals surface area contributed by atoms with E-state index in [1.165, 1.54) is 31.3 Å². The molecule has 4 heterocycles. The number of aromatic nitrogens is 3. The zero-order valence-electron chi connectivity index (χ0n) is 19.7. The van der Waals surface area contributed by atoms with Crippen molar-refractivity contribution < 1.29 is 20.1 Å². The fraction of sp³-hybridized carbons (Fsp3) is 0.0645. The van der Waals surface area contributed by atoms with E-state index < -0.39 is 0 Å². The first kappa shape index (κ1) is 24.3. The zero-order valence-corrected chi connectivity index (χ0v) is 23.0. The molecule has 3 aromatic heterocycles. The first-order valence-electron chi connectivity index (χ1n) is 11.5. The summed E-state index contributed by atoms with van der Waals surface area (Å²) in [6, 6.07) is 32.9. The monoisotopic (exact) mass is 660 g/mol. The Labute approximate surface area is 228 Å². The molecule has 36 heavy (non-hydrogen) atoms. The van der Waals surface area contributed by atoms with Gasteiger partial charge in [0.1, 0.15) is 0 Å². The minimum absolute atomic E-state index is 0. The van der Waals surface area contributed by atoms with Gasteiger partial charge in [-0.3, -0.25) is 4.98 Å². The van der Waals surface area contributed by atoms with Gasteiger partial charge in [0.15, 0.2) is 0 Å². The van der Waals surface area contributed by atoms with Crippen LogP contribution in [0.4, 0.5) is 0 Å². The van der Waals surface area contributed by atoms with E-state index in [9.17, 15) is 0 Å². The molecule has 0 amide bonds. The number of fused-ring (bicyclic) bond motifs is 4. The molecule has 0 fully saturated rings. The summed E-state index contributed by atoms with van der Waals surface area (Å²) in [5.74, 6) is 0. The number of rotatable bonds is 1. The summed E-state index contributed by atoms with van der Waals surface area (Å²) in [5.41, 5.74) is 6.30. The average Bonchev–Trinajstić information content (AvgIpc) is 2.91. The van der Waals surface area contributed by atoms with Gasteiger partial charge in [0.05, 0.1) is 0 Å². The molecule has 0 atom stereocenters. The molecule has 1 aliphatic heterocycles. The Kier molecular flexibility index (Phi) is 6.97. The quantitative estimate of drug-likeness (QED) is 0.133. The summed E-state index contributed by atoms with van der Waals surface area (Å²) < 4.78 is 0. The van der Waals surface area contributed by atoms with Crippen molar-refractivity contribution in [3.8, 4) is 22.5 Å². The third-order valence-corrected chi connectivity index (χ3v) is 7.17. The van der Waals surface area contributed by atoms with E-state index in [1.54, 1.807) is 18.0 Å². The fourth-order valence-corrected chi connectivity index (χ4v) is 5.66. The van der Waals surface area contributed by atoms with Crippen molar-refractivity contribution in [3.63, 3.8) is 0 Å². The van der Waals surface area contributed by atoms with Gasteiger partial charge < -0.3 is 9.97 Å². The van der Waals surface area contributed by atoms with Gasteiger partial charge in [0.2, 0.25) is 0 Å². The van der Waals surface area contributed by atoms with Gasteiger partial charge in [-0.2, -0.15) is 0 Å². The van der Waals surface area contributed by atoms with Crippen molar-refractivity contribution in [2.75, 3.05) is 0 Å². The van der Waals surface area contributed by atoms with Crippen LogP contribution in [0.3, 0.4) is 0 Å². The molecule has 0 saturated heterocycles. The van der Waals surface area contributed by atoms with Crippen molar-refractivity contribution in [2.24, 2.45) is 0 Å². The van der Waals surface area contributed by atoms with Crippen molar-refractivity contribution in [1.82, 2.24) is 15.0 Å². The molecular weight excluding hydrogens is 639 g/mol. The first-order chi connectivity index (χ1) is 17.2. The van der Waals surface area contributed by atoms with E-state index >= 15 is 0 Å². The van der Waals surface area contributed by atoms with Gasteiger partial charge in [-0.15, -0.1) is 77.5 Å². The van der Waals surface area contributed by atoms with Crippen LogP contribution in [0.2, 0.25) is 0 Å². The Morgan fingerprint density at radius 1 is 0.722 bits per heavy atom. The van der Waals surface area contributed by atoms with Crippen LogP contribution in [0, 0.1) is 26.0 Å². The standard InChI is InChI=1S/C20H13N2S.C11H8N.Ir/c1-11-9-16-13-7-8-21-20-14-5-3-4-6-17(14)23-18(19(13)20)10-15(16)12(2)22-11;1-2-6-10(7-3-1)11-8-4-5-9-12-11;/h3-4,6-10H,1-2H3;1-6,8-9H;/q2*-1;. The molecule has 177 valence electrons. The number of hydrogen-bond donors (Lipinski definition) is 0. The Balaban J connectivity index is 0.000000175. The second-order valence-corrected chi connectivity index (χ2v) is 9.49. The smallest absolute Gasteiger partial charge is 0.0454 e. The minimum Gasteiger partial charge on any atom is -0.305 e. The average molecular weight is 660 g/mol. The molecule has 0 spiro atoms. The molecule has 0 unspecified atom stereocenters. The third kappa shape index (κ3) is 4.46. The zero-order chi connectivity index (χ0) is 23.8. The Bertz CT molecular complexity index is 1650. The van der Waals surface area contributed by atoms with Crippen molar-refractivity contribution >= 4 is 33.3 Å². The van der Waals surface area contributed by atoms with Gasteiger partial charge in [-0.25, -0.2) is 0 Å².